The number of hydrogen-bond donors (Lipinski definition) is 5. The standard InChI is InChI=1S/C11H12ClN5O/c12-6-2-1-3-7(4-6)17-9(18)5-8(13)10(14)11(15)16/h1-5,14H,13H2,(H3,15,16)(H,17,18)/p+1/b8-5+,14-10?. The minimum absolute atomic E-state index is 0.0676. The summed E-state index contributed by atoms with van der Waals surface area (Å²) in [4.78, 5) is 11.6. The van der Waals surface area contributed by atoms with E-state index < -0.39 is 5.91 Å². The van der Waals surface area contributed by atoms with E-state index in [1.165, 1.54) is 0 Å². The summed E-state index contributed by atoms with van der Waals surface area (Å²) in [5, 5.41) is 15.5. The van der Waals surface area contributed by atoms with Crippen molar-refractivity contribution in [2.75, 3.05) is 5.32 Å². The molecular formula is C11H13ClN5O+. The van der Waals surface area contributed by atoms with Gasteiger partial charge in [-0.1, -0.05) is 17.7 Å². The van der Waals surface area contributed by atoms with Crippen molar-refractivity contribution >= 4 is 34.7 Å². The summed E-state index contributed by atoms with van der Waals surface area (Å²) < 4.78 is 0. The van der Waals surface area contributed by atoms with Crippen molar-refractivity contribution in [2.24, 2.45) is 11.5 Å². The fraction of sp³-hybridized carbons (Fsp3) is 0. The van der Waals surface area contributed by atoms with Crippen molar-refractivity contribution in [3.05, 3.63) is 41.1 Å². The lowest BCUT2D eigenvalue weighted by molar-refractivity contribution is -0.113. The fourth-order valence-electron chi connectivity index (χ4n) is 1.12. The average Bonchev–Trinajstić information content (AvgIpc) is 2.27. The number of halogens is 1. The largest absolute Gasteiger partial charge is 0.393 e. The Morgan fingerprint density at radius 1 is 1.44 bits per heavy atom. The topological polar surface area (TPSA) is 131 Å². The first kappa shape index (κ1) is 13.7. The summed E-state index contributed by atoms with van der Waals surface area (Å²) in [6.45, 7) is 0. The molecule has 0 aromatic heterocycles. The van der Waals surface area contributed by atoms with E-state index in [1.807, 2.05) is 0 Å². The van der Waals surface area contributed by atoms with E-state index in [1.54, 1.807) is 24.3 Å². The van der Waals surface area contributed by atoms with Crippen LogP contribution in [0, 0.1) is 5.41 Å². The molecule has 0 fully saturated rings. The van der Waals surface area contributed by atoms with Crippen LogP contribution < -0.4 is 22.2 Å². The number of hydrogen-bond acceptors (Lipinski definition) is 3. The molecule has 1 rings (SSSR count). The monoisotopic (exact) mass is 266 g/mol. The molecule has 0 bridgehead atoms. The predicted molar refractivity (Wildman–Crippen MR) is 71.2 cm³/mol. The fourth-order valence-corrected chi connectivity index (χ4v) is 1.31. The maximum Gasteiger partial charge on any atom is 0.261 e. The molecule has 0 aliphatic rings. The number of nitrogens with two attached hydrogens (primary N) is 3. The van der Waals surface area contributed by atoms with Gasteiger partial charge in [-0.2, -0.15) is 0 Å². The number of benzene rings is 1. The van der Waals surface area contributed by atoms with Crippen LogP contribution in [0.1, 0.15) is 0 Å². The summed E-state index contributed by atoms with van der Waals surface area (Å²) in [5.41, 5.74) is 10.9. The molecular weight excluding hydrogens is 254 g/mol. The minimum atomic E-state index is -0.487. The maximum atomic E-state index is 11.6. The van der Waals surface area contributed by atoms with Gasteiger partial charge in [0, 0.05) is 16.8 Å². The number of amides is 1. The van der Waals surface area contributed by atoms with Crippen LogP contribution in [0.4, 0.5) is 5.69 Å². The smallest absolute Gasteiger partial charge is 0.261 e. The molecule has 1 aromatic rings. The van der Waals surface area contributed by atoms with Gasteiger partial charge in [0.1, 0.15) is 5.70 Å². The Hall–Kier alpha value is -2.34. The molecule has 0 heterocycles. The Bertz CT molecular complexity index is 538. The van der Waals surface area contributed by atoms with E-state index in [9.17, 15) is 4.79 Å². The van der Waals surface area contributed by atoms with Crippen molar-refractivity contribution in [1.29, 1.82) is 5.41 Å². The first-order valence-electron chi connectivity index (χ1n) is 4.91. The lowest BCUT2D eigenvalue weighted by Gasteiger charge is -2.03. The second-order valence-electron chi connectivity index (χ2n) is 3.43. The van der Waals surface area contributed by atoms with Gasteiger partial charge in [-0.25, -0.2) is 5.41 Å². The first-order chi connectivity index (χ1) is 8.40. The van der Waals surface area contributed by atoms with Crippen LogP contribution in [0.3, 0.4) is 0 Å². The molecule has 0 radical (unpaired) electrons. The van der Waals surface area contributed by atoms with E-state index in [4.69, 9.17) is 33.9 Å². The molecule has 18 heavy (non-hydrogen) atoms. The second kappa shape index (κ2) is 5.83. The van der Waals surface area contributed by atoms with E-state index in [2.05, 4.69) is 5.32 Å². The number of nitrogens with one attached hydrogen (secondary N) is 2. The van der Waals surface area contributed by atoms with Gasteiger partial charge in [-0.05, 0) is 18.2 Å². The predicted octanol–water partition coefficient (Wildman–Crippen LogP) is -0.743. The van der Waals surface area contributed by atoms with Crippen LogP contribution >= 0.6 is 11.6 Å². The van der Waals surface area contributed by atoms with Gasteiger partial charge >= 0.3 is 0 Å². The third-order valence-corrected chi connectivity index (χ3v) is 2.22. The van der Waals surface area contributed by atoms with Crippen molar-refractivity contribution in [3.8, 4) is 0 Å². The highest BCUT2D eigenvalue weighted by Crippen LogP contribution is 2.14. The molecule has 0 aliphatic carbocycles. The number of rotatable bonds is 4. The summed E-state index contributed by atoms with van der Waals surface area (Å²) in [6.07, 6.45) is 1.05. The highest BCUT2D eigenvalue weighted by atomic mass is 35.5. The SMILES string of the molecule is N=C(N)C(=[NH2+])/C(N)=C\C(=O)Nc1cccc(Cl)c1. The van der Waals surface area contributed by atoms with E-state index in [-0.39, 0.29) is 17.2 Å². The van der Waals surface area contributed by atoms with Crippen LogP contribution in [0.25, 0.3) is 0 Å². The Morgan fingerprint density at radius 2 is 2.11 bits per heavy atom. The van der Waals surface area contributed by atoms with Gasteiger partial charge in [0.15, 0.2) is 5.84 Å². The third kappa shape index (κ3) is 3.91. The van der Waals surface area contributed by atoms with Gasteiger partial charge < -0.3 is 16.8 Å². The molecule has 0 saturated carbocycles. The zero-order valence-corrected chi connectivity index (χ0v) is 10.2. The molecule has 0 unspecified atom stereocenters. The quantitative estimate of drug-likeness (QED) is 0.279. The van der Waals surface area contributed by atoms with Crippen LogP contribution in [0.5, 0.6) is 0 Å². The third-order valence-electron chi connectivity index (χ3n) is 1.98. The maximum absolute atomic E-state index is 11.6. The van der Waals surface area contributed by atoms with Gasteiger partial charge in [0.05, 0.1) is 0 Å². The second-order valence-corrected chi connectivity index (χ2v) is 3.86. The van der Waals surface area contributed by atoms with Crippen molar-refractivity contribution in [3.63, 3.8) is 0 Å². The van der Waals surface area contributed by atoms with Crippen molar-refractivity contribution < 1.29 is 10.2 Å². The lowest BCUT2D eigenvalue weighted by atomic mass is 10.2. The Labute approximate surface area is 109 Å². The van der Waals surface area contributed by atoms with Crippen LogP contribution in [0.2, 0.25) is 5.02 Å². The molecule has 1 aromatic carbocycles. The molecule has 6 nitrogen and oxygen atoms in total. The van der Waals surface area contributed by atoms with E-state index in [0.29, 0.717) is 10.7 Å². The Morgan fingerprint density at radius 3 is 2.67 bits per heavy atom. The summed E-state index contributed by atoms with van der Waals surface area (Å²) in [7, 11) is 0. The summed E-state index contributed by atoms with van der Waals surface area (Å²) >= 11 is 5.77. The molecule has 0 aliphatic heterocycles. The first-order valence-corrected chi connectivity index (χ1v) is 5.29. The number of carbonyl (C=O) groups excluding carboxylic acids is 1. The molecule has 0 spiro atoms. The molecule has 7 heteroatoms. The van der Waals surface area contributed by atoms with Gasteiger partial charge in [0.2, 0.25) is 0 Å². The summed E-state index contributed by atoms with van der Waals surface area (Å²) in [5.74, 6) is -0.877. The Balaban J connectivity index is 2.75. The number of carbonyl (C=O) groups is 1. The number of amidine groups is 1. The van der Waals surface area contributed by atoms with Crippen LogP contribution in [-0.4, -0.2) is 17.5 Å². The molecule has 8 N–H and O–H groups in total. The lowest BCUT2D eigenvalue weighted by Crippen LogP contribution is -2.50. The normalized spacial score (nSPS) is 10.8. The van der Waals surface area contributed by atoms with Gasteiger partial charge in [-0.3, -0.25) is 10.2 Å². The van der Waals surface area contributed by atoms with Crippen LogP contribution in [-0.2, 0) is 4.79 Å². The highest BCUT2D eigenvalue weighted by molar-refractivity contribution is 6.43. The van der Waals surface area contributed by atoms with Gasteiger partial charge in [0.25, 0.3) is 11.6 Å². The minimum Gasteiger partial charge on any atom is -0.393 e. The van der Waals surface area contributed by atoms with Gasteiger partial charge in [-0.15, -0.1) is 0 Å². The average molecular weight is 267 g/mol. The summed E-state index contributed by atoms with van der Waals surface area (Å²) in [6, 6.07) is 6.64. The molecule has 1 amide bonds. The van der Waals surface area contributed by atoms with Crippen LogP contribution in [0.15, 0.2) is 36.0 Å². The van der Waals surface area contributed by atoms with Crippen molar-refractivity contribution in [1.82, 2.24) is 0 Å². The zero-order valence-electron chi connectivity index (χ0n) is 9.41. The number of anilines is 1. The molecule has 94 valence electrons. The zero-order chi connectivity index (χ0) is 13.7. The highest BCUT2D eigenvalue weighted by Gasteiger charge is 2.12. The van der Waals surface area contributed by atoms with E-state index in [0.717, 1.165) is 6.08 Å². The van der Waals surface area contributed by atoms with Crippen molar-refractivity contribution in [2.45, 2.75) is 0 Å². The van der Waals surface area contributed by atoms with E-state index >= 15 is 0 Å². The Kier molecular flexibility index (Phi) is 4.45. The molecule has 0 atom stereocenters. The molecule has 0 saturated heterocycles.